The zero-order chi connectivity index (χ0) is 14.4. The van der Waals surface area contributed by atoms with Gasteiger partial charge in [0.15, 0.2) is 0 Å². The van der Waals surface area contributed by atoms with Gasteiger partial charge in [-0.15, -0.1) is 0 Å². The zero-order valence-electron chi connectivity index (χ0n) is 10.9. The maximum atomic E-state index is 12.4. The lowest BCUT2D eigenvalue weighted by molar-refractivity contribution is 1.16. The largest absolute Gasteiger partial charge is 0.319 e. The number of hydrogen-bond donors (Lipinski definition) is 1. The minimum absolute atomic E-state index is 0.147. The summed E-state index contributed by atoms with van der Waals surface area (Å²) in [7, 11) is 0. The average molecular weight is 294 g/mol. The van der Waals surface area contributed by atoms with Crippen LogP contribution in [0.5, 0.6) is 0 Å². The van der Waals surface area contributed by atoms with Crippen molar-refractivity contribution < 1.29 is 0 Å². The van der Waals surface area contributed by atoms with Crippen LogP contribution in [-0.4, -0.2) is 9.38 Å². The molecule has 0 fully saturated rings. The third-order valence-corrected chi connectivity index (χ3v) is 4.45. The lowest BCUT2D eigenvalue weighted by Gasteiger charge is -2.02. The summed E-state index contributed by atoms with van der Waals surface area (Å²) in [6, 6.07) is 16.8. The third-order valence-electron chi connectivity index (χ3n) is 3.45. The predicted octanol–water partition coefficient (Wildman–Crippen LogP) is 2.87. The highest BCUT2D eigenvalue weighted by molar-refractivity contribution is 7.13. The standard InChI is InChI=1S/C16H10N2O2S/c19-15-13-14(10-6-2-1-3-7-10)21-16(20)18(13)12-9-5-4-8-11(12)17-15/h1-9H,(H,17,19). The molecule has 102 valence electrons. The Kier molecular flexibility index (Phi) is 2.55. The van der Waals surface area contributed by atoms with Crippen molar-refractivity contribution in [3.8, 4) is 10.4 Å². The van der Waals surface area contributed by atoms with Crippen molar-refractivity contribution in [2.24, 2.45) is 0 Å². The molecule has 0 atom stereocenters. The van der Waals surface area contributed by atoms with E-state index in [1.165, 1.54) is 4.40 Å². The van der Waals surface area contributed by atoms with E-state index in [4.69, 9.17) is 0 Å². The van der Waals surface area contributed by atoms with Gasteiger partial charge in [-0.25, -0.2) is 0 Å². The van der Waals surface area contributed by atoms with Gasteiger partial charge in [-0.3, -0.25) is 14.0 Å². The number of thiazole rings is 1. The summed E-state index contributed by atoms with van der Waals surface area (Å²) in [6.07, 6.45) is 0. The highest BCUT2D eigenvalue weighted by atomic mass is 32.1. The van der Waals surface area contributed by atoms with Crippen LogP contribution in [0.4, 0.5) is 0 Å². The number of aromatic nitrogens is 2. The lowest BCUT2D eigenvalue weighted by atomic mass is 10.2. The highest BCUT2D eigenvalue weighted by Gasteiger charge is 2.15. The Morgan fingerprint density at radius 3 is 2.43 bits per heavy atom. The van der Waals surface area contributed by atoms with E-state index in [1.807, 2.05) is 48.5 Å². The van der Waals surface area contributed by atoms with Crippen molar-refractivity contribution in [1.82, 2.24) is 9.38 Å². The Bertz CT molecular complexity index is 1070. The normalized spacial score (nSPS) is 11.2. The van der Waals surface area contributed by atoms with Crippen LogP contribution in [0.15, 0.2) is 64.2 Å². The lowest BCUT2D eigenvalue weighted by Crippen LogP contribution is -2.15. The maximum Gasteiger partial charge on any atom is 0.313 e. The molecule has 0 bridgehead atoms. The number of hydrogen-bond acceptors (Lipinski definition) is 3. The Balaban J connectivity index is 2.25. The molecular formula is C16H10N2O2S. The molecule has 0 aliphatic rings. The van der Waals surface area contributed by atoms with Gasteiger partial charge in [-0.05, 0) is 17.7 Å². The number of nitrogens with one attached hydrogen (secondary N) is 1. The molecule has 0 amide bonds. The van der Waals surface area contributed by atoms with Crippen LogP contribution in [-0.2, 0) is 0 Å². The number of rotatable bonds is 1. The van der Waals surface area contributed by atoms with Gasteiger partial charge < -0.3 is 4.98 Å². The molecule has 2 aromatic carbocycles. The van der Waals surface area contributed by atoms with E-state index in [0.29, 0.717) is 15.9 Å². The fourth-order valence-electron chi connectivity index (χ4n) is 2.54. The van der Waals surface area contributed by atoms with Crippen LogP contribution in [0.3, 0.4) is 0 Å². The van der Waals surface area contributed by atoms with Crippen molar-refractivity contribution in [2.75, 3.05) is 0 Å². The summed E-state index contributed by atoms with van der Waals surface area (Å²) in [4.78, 5) is 28.2. The Labute approximate surface area is 122 Å². The summed E-state index contributed by atoms with van der Waals surface area (Å²) in [6.45, 7) is 0. The molecule has 21 heavy (non-hydrogen) atoms. The van der Waals surface area contributed by atoms with E-state index < -0.39 is 0 Å². The molecule has 4 rings (SSSR count). The number of H-pyrrole nitrogens is 1. The Hall–Kier alpha value is -2.66. The molecule has 0 unspecified atom stereocenters. The molecule has 0 saturated carbocycles. The molecule has 2 heterocycles. The number of fused-ring (bicyclic) bond motifs is 3. The number of para-hydroxylation sites is 2. The quantitative estimate of drug-likeness (QED) is 0.587. The fraction of sp³-hybridized carbons (Fsp3) is 0. The van der Waals surface area contributed by atoms with Crippen molar-refractivity contribution in [3.63, 3.8) is 0 Å². The smallest absolute Gasteiger partial charge is 0.313 e. The monoisotopic (exact) mass is 294 g/mol. The molecule has 0 saturated heterocycles. The molecule has 0 radical (unpaired) electrons. The molecule has 2 aromatic heterocycles. The second-order valence-electron chi connectivity index (χ2n) is 4.72. The third kappa shape index (κ3) is 1.75. The van der Waals surface area contributed by atoms with Gasteiger partial charge in [0.2, 0.25) is 0 Å². The van der Waals surface area contributed by atoms with E-state index in [1.54, 1.807) is 6.07 Å². The second kappa shape index (κ2) is 4.43. The van der Waals surface area contributed by atoms with Crippen LogP contribution >= 0.6 is 11.3 Å². The van der Waals surface area contributed by atoms with Crippen molar-refractivity contribution in [3.05, 3.63) is 74.6 Å². The zero-order valence-corrected chi connectivity index (χ0v) is 11.7. The molecule has 1 N–H and O–H groups in total. The molecule has 4 nitrogen and oxygen atoms in total. The van der Waals surface area contributed by atoms with Crippen LogP contribution in [0.25, 0.3) is 27.0 Å². The second-order valence-corrected chi connectivity index (χ2v) is 5.68. The number of nitrogens with zero attached hydrogens (tertiary/aromatic N) is 1. The van der Waals surface area contributed by atoms with Crippen LogP contribution in [0, 0.1) is 0 Å². The van der Waals surface area contributed by atoms with Gasteiger partial charge in [0.25, 0.3) is 5.56 Å². The van der Waals surface area contributed by atoms with E-state index in [2.05, 4.69) is 4.98 Å². The topological polar surface area (TPSA) is 54.3 Å². The summed E-state index contributed by atoms with van der Waals surface area (Å²) < 4.78 is 1.50. The minimum Gasteiger partial charge on any atom is -0.319 e. The van der Waals surface area contributed by atoms with Crippen LogP contribution < -0.4 is 10.4 Å². The van der Waals surface area contributed by atoms with Crippen molar-refractivity contribution in [2.45, 2.75) is 0 Å². The van der Waals surface area contributed by atoms with Gasteiger partial charge in [-0.2, -0.15) is 0 Å². The van der Waals surface area contributed by atoms with E-state index in [0.717, 1.165) is 22.4 Å². The van der Waals surface area contributed by atoms with Crippen LogP contribution in [0.1, 0.15) is 0 Å². The van der Waals surface area contributed by atoms with E-state index >= 15 is 0 Å². The molecule has 5 heteroatoms. The summed E-state index contributed by atoms with van der Waals surface area (Å²) in [5.74, 6) is 0. The molecule has 0 spiro atoms. The van der Waals surface area contributed by atoms with E-state index in [-0.39, 0.29) is 10.4 Å². The van der Waals surface area contributed by atoms with E-state index in [9.17, 15) is 9.59 Å². The van der Waals surface area contributed by atoms with Crippen molar-refractivity contribution >= 4 is 27.9 Å². The minimum atomic E-state index is -0.245. The SMILES string of the molecule is O=c1[nH]c2ccccc2n2c(=O)sc(-c3ccccc3)c12. The molecular weight excluding hydrogens is 284 g/mol. The molecule has 0 aliphatic carbocycles. The highest BCUT2D eigenvalue weighted by Crippen LogP contribution is 2.26. The summed E-state index contributed by atoms with van der Waals surface area (Å²) in [5.41, 5.74) is 2.42. The van der Waals surface area contributed by atoms with Gasteiger partial charge in [0.05, 0.1) is 15.9 Å². The van der Waals surface area contributed by atoms with Crippen LogP contribution in [0.2, 0.25) is 0 Å². The first-order valence-electron chi connectivity index (χ1n) is 6.48. The fourth-order valence-corrected chi connectivity index (χ4v) is 3.53. The first-order valence-corrected chi connectivity index (χ1v) is 7.29. The molecule has 4 aromatic rings. The van der Waals surface area contributed by atoms with Crippen molar-refractivity contribution in [1.29, 1.82) is 0 Å². The van der Waals surface area contributed by atoms with Gasteiger partial charge in [0, 0.05) is 0 Å². The summed E-state index contributed by atoms with van der Waals surface area (Å²) >= 11 is 1.10. The Morgan fingerprint density at radius 1 is 0.905 bits per heavy atom. The first-order chi connectivity index (χ1) is 10.3. The van der Waals surface area contributed by atoms with Gasteiger partial charge >= 0.3 is 4.87 Å². The predicted molar refractivity (Wildman–Crippen MR) is 85.1 cm³/mol. The first kappa shape index (κ1) is 12.1. The summed E-state index contributed by atoms with van der Waals surface area (Å²) in [5, 5.41) is 0. The maximum absolute atomic E-state index is 12.4. The number of aromatic amines is 1. The average Bonchev–Trinajstić information content (AvgIpc) is 2.87. The van der Waals surface area contributed by atoms with Gasteiger partial charge in [-0.1, -0.05) is 53.8 Å². The Morgan fingerprint density at radius 2 is 1.62 bits per heavy atom. The van der Waals surface area contributed by atoms with Gasteiger partial charge in [0.1, 0.15) is 5.52 Å². The number of benzene rings is 2. The molecule has 0 aliphatic heterocycles.